The Labute approximate surface area is 87.3 Å². The van der Waals surface area contributed by atoms with Gasteiger partial charge in [0.25, 0.3) is 0 Å². The average molecular weight is 206 g/mol. The first-order valence-electron chi connectivity index (χ1n) is 4.85. The standard InChI is InChI=1S/C10H2N6/c1-2-4-7(13-11-4)5-3(1)6-9(15-12-6)10-8(5)14-16-10/h1-2H. The van der Waals surface area contributed by atoms with Crippen LogP contribution in [0.5, 0.6) is 0 Å². The molecule has 0 N–H and O–H groups in total. The number of rotatable bonds is 0. The molecular weight excluding hydrogens is 204 g/mol. The van der Waals surface area contributed by atoms with Crippen LogP contribution < -0.4 is 0 Å². The van der Waals surface area contributed by atoms with E-state index < -0.39 is 0 Å². The lowest BCUT2D eigenvalue weighted by molar-refractivity contribution is 1.03. The number of hydrogen-bond donors (Lipinski definition) is 0. The summed E-state index contributed by atoms with van der Waals surface area (Å²) in [7, 11) is 0. The van der Waals surface area contributed by atoms with Gasteiger partial charge in [0.05, 0.1) is 0 Å². The van der Waals surface area contributed by atoms with E-state index >= 15 is 0 Å². The quantitative estimate of drug-likeness (QED) is 0.376. The van der Waals surface area contributed by atoms with Gasteiger partial charge in [0.15, 0.2) is 0 Å². The van der Waals surface area contributed by atoms with Gasteiger partial charge in [-0.3, -0.25) is 0 Å². The van der Waals surface area contributed by atoms with Crippen molar-refractivity contribution in [3.8, 4) is 0 Å². The number of hydrogen-bond acceptors (Lipinski definition) is 6. The summed E-state index contributed by atoms with van der Waals surface area (Å²) in [5.41, 5.74) is 5.28. The van der Waals surface area contributed by atoms with Crippen molar-refractivity contribution in [2.75, 3.05) is 0 Å². The maximum Gasteiger partial charge on any atom is 0.144 e. The van der Waals surface area contributed by atoms with E-state index in [0.717, 1.165) is 43.9 Å². The molecule has 72 valence electrons. The molecule has 0 spiro atoms. The lowest BCUT2D eigenvalue weighted by Gasteiger charge is -2.11. The summed E-state index contributed by atoms with van der Waals surface area (Å²) in [5, 5.41) is 26.1. The maximum atomic E-state index is 4.05. The Morgan fingerprint density at radius 1 is 0.562 bits per heavy atom. The van der Waals surface area contributed by atoms with Crippen LogP contribution in [0.1, 0.15) is 0 Å². The Bertz CT molecular complexity index is 945. The van der Waals surface area contributed by atoms with Crippen molar-refractivity contribution in [3.05, 3.63) is 12.1 Å². The average Bonchev–Trinajstić information content (AvgIpc) is 2.15. The van der Waals surface area contributed by atoms with Crippen LogP contribution in [0.3, 0.4) is 0 Å². The molecule has 3 aromatic heterocycles. The van der Waals surface area contributed by atoms with Crippen LogP contribution in [0.15, 0.2) is 12.1 Å². The van der Waals surface area contributed by atoms with E-state index in [-0.39, 0.29) is 0 Å². The van der Waals surface area contributed by atoms with Crippen molar-refractivity contribution >= 4 is 43.9 Å². The van der Waals surface area contributed by atoms with Crippen LogP contribution in [0.25, 0.3) is 43.9 Å². The van der Waals surface area contributed by atoms with Gasteiger partial charge in [-0.2, -0.15) is 0 Å². The molecule has 0 aliphatic carbocycles. The van der Waals surface area contributed by atoms with E-state index in [9.17, 15) is 0 Å². The largest absolute Gasteiger partial charge is 0.148 e. The predicted octanol–water partition coefficient (Wildman–Crippen LogP) is 0.983. The van der Waals surface area contributed by atoms with Crippen LogP contribution in [-0.2, 0) is 0 Å². The SMILES string of the molecule is c1cc2c3nnc3c3nnc3c2c2nnc12. The Kier molecular flexibility index (Phi) is 0.818. The number of benzene rings is 2. The maximum absolute atomic E-state index is 4.05. The topological polar surface area (TPSA) is 77.3 Å². The number of fused-ring (bicyclic) bond motifs is 8. The zero-order valence-corrected chi connectivity index (χ0v) is 7.84. The van der Waals surface area contributed by atoms with Gasteiger partial charge in [0, 0.05) is 10.8 Å². The molecule has 5 aromatic rings. The molecule has 0 amide bonds. The van der Waals surface area contributed by atoms with Crippen molar-refractivity contribution < 1.29 is 0 Å². The smallest absolute Gasteiger partial charge is 0.144 e. The summed E-state index contributed by atoms with van der Waals surface area (Å²) >= 11 is 0. The Morgan fingerprint density at radius 2 is 1.25 bits per heavy atom. The molecule has 3 heterocycles. The minimum absolute atomic E-state index is 0.841. The fourth-order valence-corrected chi connectivity index (χ4v) is 2.23. The third-order valence-electron chi connectivity index (χ3n) is 3.08. The number of nitrogens with zero attached hydrogens (tertiary/aromatic N) is 6. The monoisotopic (exact) mass is 206 g/mol. The fourth-order valence-electron chi connectivity index (χ4n) is 2.23. The van der Waals surface area contributed by atoms with Crippen molar-refractivity contribution in [1.82, 2.24) is 30.6 Å². The molecule has 0 atom stereocenters. The van der Waals surface area contributed by atoms with Crippen molar-refractivity contribution in [1.29, 1.82) is 0 Å². The van der Waals surface area contributed by atoms with Crippen LogP contribution in [0.4, 0.5) is 0 Å². The molecule has 0 aliphatic rings. The lowest BCUT2D eigenvalue weighted by atomic mass is 10.0. The molecule has 0 bridgehead atoms. The third-order valence-corrected chi connectivity index (χ3v) is 3.08. The molecule has 0 radical (unpaired) electrons. The highest BCUT2D eigenvalue weighted by molar-refractivity contribution is 6.28. The highest BCUT2D eigenvalue weighted by Crippen LogP contribution is 2.36. The minimum atomic E-state index is 0.841. The van der Waals surface area contributed by atoms with E-state index in [4.69, 9.17) is 0 Å². The molecule has 5 rings (SSSR count). The van der Waals surface area contributed by atoms with E-state index in [1.165, 1.54) is 0 Å². The Hall–Kier alpha value is -2.50. The van der Waals surface area contributed by atoms with Crippen LogP contribution in [0, 0.1) is 0 Å². The van der Waals surface area contributed by atoms with Gasteiger partial charge in [-0.25, -0.2) is 0 Å². The van der Waals surface area contributed by atoms with Crippen molar-refractivity contribution in [2.45, 2.75) is 0 Å². The Balaban J connectivity index is 2.27. The van der Waals surface area contributed by atoms with Gasteiger partial charge < -0.3 is 0 Å². The van der Waals surface area contributed by atoms with Crippen LogP contribution in [0.2, 0.25) is 0 Å². The molecule has 2 aromatic carbocycles. The minimum Gasteiger partial charge on any atom is -0.148 e. The van der Waals surface area contributed by atoms with E-state index in [2.05, 4.69) is 30.6 Å². The fraction of sp³-hybridized carbons (Fsp3) is 0. The van der Waals surface area contributed by atoms with Crippen LogP contribution in [-0.4, -0.2) is 30.6 Å². The third kappa shape index (κ3) is 0.517. The molecule has 6 heteroatoms. The first-order chi connectivity index (χ1) is 7.93. The lowest BCUT2D eigenvalue weighted by Crippen LogP contribution is -2.03. The predicted molar refractivity (Wildman–Crippen MR) is 56.8 cm³/mol. The molecule has 0 aliphatic heterocycles. The second kappa shape index (κ2) is 1.90. The highest BCUT2D eigenvalue weighted by Gasteiger charge is 2.21. The van der Waals surface area contributed by atoms with Crippen LogP contribution >= 0.6 is 0 Å². The first kappa shape index (κ1) is 6.89. The van der Waals surface area contributed by atoms with Gasteiger partial charge in [-0.1, -0.05) is 0 Å². The number of aromatic nitrogens is 6. The van der Waals surface area contributed by atoms with Gasteiger partial charge in [0.2, 0.25) is 0 Å². The van der Waals surface area contributed by atoms with E-state index in [1.807, 2.05) is 12.1 Å². The second-order valence-corrected chi connectivity index (χ2v) is 3.85. The van der Waals surface area contributed by atoms with Crippen molar-refractivity contribution in [3.63, 3.8) is 0 Å². The zero-order valence-electron chi connectivity index (χ0n) is 7.84. The summed E-state index contributed by atoms with van der Waals surface area (Å²) in [6.45, 7) is 0. The zero-order chi connectivity index (χ0) is 10.3. The molecule has 16 heavy (non-hydrogen) atoms. The van der Waals surface area contributed by atoms with Gasteiger partial charge >= 0.3 is 0 Å². The molecule has 6 nitrogen and oxygen atoms in total. The van der Waals surface area contributed by atoms with Crippen molar-refractivity contribution in [2.24, 2.45) is 0 Å². The summed E-state index contributed by atoms with van der Waals surface area (Å²) < 4.78 is 0. The van der Waals surface area contributed by atoms with Gasteiger partial charge in [-0.15, -0.1) is 30.6 Å². The molecule has 0 saturated carbocycles. The van der Waals surface area contributed by atoms with E-state index in [0.29, 0.717) is 0 Å². The molecular formula is C10H2N6. The molecule has 0 fully saturated rings. The molecule has 0 saturated heterocycles. The molecule has 0 unspecified atom stereocenters. The summed E-state index contributed by atoms with van der Waals surface area (Å²) in [4.78, 5) is 0. The second-order valence-electron chi connectivity index (χ2n) is 3.85. The summed E-state index contributed by atoms with van der Waals surface area (Å²) in [6.07, 6.45) is 0. The summed E-state index contributed by atoms with van der Waals surface area (Å²) in [5.74, 6) is 0. The summed E-state index contributed by atoms with van der Waals surface area (Å²) in [6, 6.07) is 3.94. The van der Waals surface area contributed by atoms with E-state index in [1.54, 1.807) is 0 Å². The van der Waals surface area contributed by atoms with Gasteiger partial charge in [-0.05, 0) is 12.1 Å². The first-order valence-corrected chi connectivity index (χ1v) is 4.85. The highest BCUT2D eigenvalue weighted by atomic mass is 15.2. The normalized spacial score (nSPS) is 13.0. The Morgan fingerprint density at radius 3 is 1.88 bits per heavy atom. The van der Waals surface area contributed by atoms with Gasteiger partial charge in [0.1, 0.15) is 33.1 Å².